The van der Waals surface area contributed by atoms with E-state index in [1.807, 2.05) is 6.92 Å². The van der Waals surface area contributed by atoms with Crippen molar-refractivity contribution in [3.8, 4) is 0 Å². The van der Waals surface area contributed by atoms with Crippen LogP contribution in [0.5, 0.6) is 0 Å². The lowest BCUT2D eigenvalue weighted by molar-refractivity contribution is -0.723. The minimum absolute atomic E-state index is 0.221. The van der Waals surface area contributed by atoms with E-state index in [-0.39, 0.29) is 6.67 Å². The molecule has 0 amide bonds. The maximum absolute atomic E-state index is 12.2. The van der Waals surface area contributed by atoms with Gasteiger partial charge in [-0.2, -0.15) is 14.1 Å². The van der Waals surface area contributed by atoms with E-state index in [1.54, 1.807) is 0 Å². The molecule has 2 rings (SSSR count). The summed E-state index contributed by atoms with van der Waals surface area (Å²) in [6, 6.07) is 0. The van der Waals surface area contributed by atoms with E-state index in [0.717, 1.165) is 23.7 Å². The summed E-state index contributed by atoms with van der Waals surface area (Å²) in [6.45, 7) is 5.82. The van der Waals surface area contributed by atoms with Crippen LogP contribution in [0.2, 0.25) is 0 Å². The van der Waals surface area contributed by atoms with Crippen molar-refractivity contribution >= 4 is 13.2 Å². The SMILES string of the molecule is C=P(C)(C)CC[C@H]1O[C@@H](n2c[n+](CNCCC)c(=O)[nH]c2=O)[C@H](O)[C@@H]1O. The van der Waals surface area contributed by atoms with Crippen LogP contribution in [-0.2, 0) is 11.4 Å². The zero-order valence-corrected chi connectivity index (χ0v) is 16.5. The van der Waals surface area contributed by atoms with Crippen LogP contribution < -0.4 is 21.3 Å². The van der Waals surface area contributed by atoms with Gasteiger partial charge in [-0.15, -0.1) is 13.2 Å². The highest BCUT2D eigenvalue weighted by molar-refractivity contribution is 7.72. The highest BCUT2D eigenvalue weighted by Gasteiger charge is 2.46. The molecule has 1 aromatic heterocycles. The van der Waals surface area contributed by atoms with Gasteiger partial charge in [-0.3, -0.25) is 5.32 Å². The number of aromatic amines is 1. The molecule has 148 valence electrons. The number of hydrogen-bond acceptors (Lipinski definition) is 6. The third-order valence-electron chi connectivity index (χ3n) is 4.31. The maximum atomic E-state index is 12.2. The third-order valence-corrected chi connectivity index (χ3v) is 5.78. The summed E-state index contributed by atoms with van der Waals surface area (Å²) in [6.07, 6.45) is 3.70. The van der Waals surface area contributed by atoms with Gasteiger partial charge in [0.1, 0.15) is 18.9 Å². The fourth-order valence-corrected chi connectivity index (χ4v) is 3.78. The number of ether oxygens (including phenoxy) is 1. The largest absolute Gasteiger partial charge is 0.448 e. The fourth-order valence-electron chi connectivity index (χ4n) is 2.83. The molecule has 0 aromatic carbocycles. The second kappa shape index (κ2) is 8.63. The quantitative estimate of drug-likeness (QED) is 0.244. The van der Waals surface area contributed by atoms with Crippen molar-refractivity contribution in [3.05, 3.63) is 27.3 Å². The molecular weight excluding hydrogens is 359 g/mol. The van der Waals surface area contributed by atoms with Crippen molar-refractivity contribution < 1.29 is 19.5 Å². The van der Waals surface area contributed by atoms with Gasteiger partial charge in [-0.1, -0.05) is 6.92 Å². The number of aliphatic hydroxyl groups excluding tert-OH is 2. The van der Waals surface area contributed by atoms with Gasteiger partial charge in [0.05, 0.1) is 6.10 Å². The van der Waals surface area contributed by atoms with Crippen molar-refractivity contribution in [2.45, 2.75) is 51.0 Å². The number of H-pyrrole nitrogens is 1. The van der Waals surface area contributed by atoms with Crippen LogP contribution in [0, 0.1) is 0 Å². The Bertz CT molecular complexity index is 771. The molecule has 0 aliphatic carbocycles. The summed E-state index contributed by atoms with van der Waals surface area (Å²) in [5, 5.41) is 23.7. The van der Waals surface area contributed by atoms with Gasteiger partial charge < -0.3 is 14.9 Å². The summed E-state index contributed by atoms with van der Waals surface area (Å²) < 4.78 is 8.17. The Kier molecular flexibility index (Phi) is 6.99. The van der Waals surface area contributed by atoms with Crippen molar-refractivity contribution in [1.29, 1.82) is 0 Å². The molecule has 0 saturated carbocycles. The topological polar surface area (TPSA) is 120 Å². The minimum Gasteiger partial charge on any atom is -0.387 e. The molecule has 1 fully saturated rings. The zero-order chi connectivity index (χ0) is 19.5. The van der Waals surface area contributed by atoms with Crippen LogP contribution >= 0.6 is 6.89 Å². The molecule has 4 atom stereocenters. The molecule has 1 aromatic rings. The van der Waals surface area contributed by atoms with Crippen LogP contribution in [0.4, 0.5) is 0 Å². The molecule has 0 spiro atoms. The van der Waals surface area contributed by atoms with E-state index in [4.69, 9.17) is 4.74 Å². The summed E-state index contributed by atoms with van der Waals surface area (Å²) in [5.74, 6) is 0. The predicted octanol–water partition coefficient (Wildman–Crippen LogP) is -1.50. The zero-order valence-electron chi connectivity index (χ0n) is 15.6. The highest BCUT2D eigenvalue weighted by Crippen LogP contribution is 2.39. The molecule has 9 nitrogen and oxygen atoms in total. The smallest absolute Gasteiger partial charge is 0.387 e. The number of nitrogens with zero attached hydrogens (tertiary/aromatic N) is 2. The first-order valence-corrected chi connectivity index (χ1v) is 11.8. The van der Waals surface area contributed by atoms with E-state index in [1.165, 1.54) is 10.9 Å². The normalized spacial score (nSPS) is 26.3. The van der Waals surface area contributed by atoms with Gasteiger partial charge in [-0.05, 0) is 38.9 Å². The lowest BCUT2D eigenvalue weighted by Crippen LogP contribution is -2.60. The molecule has 2 heterocycles. The Morgan fingerprint density at radius 1 is 1.38 bits per heavy atom. The first-order valence-electron chi connectivity index (χ1n) is 8.78. The molecule has 0 unspecified atom stereocenters. The molecular formula is C16H30N4O5P+. The Morgan fingerprint density at radius 3 is 2.69 bits per heavy atom. The highest BCUT2D eigenvalue weighted by atomic mass is 31.2. The second-order valence-corrected chi connectivity index (χ2v) is 11.7. The number of hydrogen-bond donors (Lipinski definition) is 4. The van der Waals surface area contributed by atoms with E-state index in [2.05, 4.69) is 29.9 Å². The van der Waals surface area contributed by atoms with Crippen molar-refractivity contribution in [2.75, 3.05) is 26.0 Å². The van der Waals surface area contributed by atoms with Crippen LogP contribution in [0.1, 0.15) is 26.0 Å². The molecule has 4 N–H and O–H groups in total. The van der Waals surface area contributed by atoms with Crippen molar-refractivity contribution in [1.82, 2.24) is 14.9 Å². The summed E-state index contributed by atoms with van der Waals surface area (Å²) in [7, 11) is 0. The van der Waals surface area contributed by atoms with Gasteiger partial charge in [0.2, 0.25) is 12.6 Å². The maximum Gasteiger partial charge on any atom is 0.448 e. The number of nitrogens with one attached hydrogen (secondary N) is 2. The van der Waals surface area contributed by atoms with Crippen LogP contribution in [0.3, 0.4) is 0 Å². The molecule has 1 aliphatic rings. The first kappa shape index (κ1) is 21.1. The lowest BCUT2D eigenvalue weighted by Gasteiger charge is -2.18. The van der Waals surface area contributed by atoms with E-state index in [0.29, 0.717) is 6.42 Å². The summed E-state index contributed by atoms with van der Waals surface area (Å²) in [4.78, 5) is 26.3. The molecule has 1 aliphatic heterocycles. The Morgan fingerprint density at radius 2 is 2.08 bits per heavy atom. The van der Waals surface area contributed by atoms with Gasteiger partial charge >= 0.3 is 11.4 Å². The van der Waals surface area contributed by atoms with E-state index in [9.17, 15) is 19.8 Å². The van der Waals surface area contributed by atoms with E-state index >= 15 is 0 Å². The first-order chi connectivity index (χ1) is 12.1. The Labute approximate surface area is 152 Å². The van der Waals surface area contributed by atoms with Crippen molar-refractivity contribution in [2.24, 2.45) is 0 Å². The second-order valence-electron chi connectivity index (χ2n) is 7.38. The van der Waals surface area contributed by atoms with Crippen molar-refractivity contribution in [3.63, 3.8) is 0 Å². The number of aliphatic hydroxyl groups is 2. The van der Waals surface area contributed by atoms with Gasteiger partial charge in [0, 0.05) is 0 Å². The Balaban J connectivity index is 2.21. The minimum atomic E-state index is -1.30. The lowest BCUT2D eigenvalue weighted by atomic mass is 10.1. The molecule has 10 heteroatoms. The third kappa shape index (κ3) is 5.14. The van der Waals surface area contributed by atoms with Gasteiger partial charge in [0.15, 0.2) is 0 Å². The van der Waals surface area contributed by atoms with Gasteiger partial charge in [0.25, 0.3) is 0 Å². The van der Waals surface area contributed by atoms with Gasteiger partial charge in [-0.25, -0.2) is 9.59 Å². The number of rotatable bonds is 8. The van der Waals surface area contributed by atoms with E-state index < -0.39 is 42.8 Å². The molecule has 26 heavy (non-hydrogen) atoms. The summed E-state index contributed by atoms with van der Waals surface area (Å²) in [5.41, 5.74) is -1.24. The molecule has 1 saturated heterocycles. The summed E-state index contributed by atoms with van der Waals surface area (Å²) >= 11 is 0. The molecule has 0 radical (unpaired) electrons. The average Bonchev–Trinajstić information content (AvgIpc) is 2.83. The monoisotopic (exact) mass is 389 g/mol. The predicted molar refractivity (Wildman–Crippen MR) is 101 cm³/mol. The average molecular weight is 389 g/mol. The number of aromatic nitrogens is 3. The Hall–Kier alpha value is -1.25. The van der Waals surface area contributed by atoms with Crippen LogP contribution in [0.15, 0.2) is 15.9 Å². The fraction of sp³-hybridized carbons (Fsp3) is 0.750. The molecule has 0 bridgehead atoms. The standard InChI is InChI=1S/C16H29N4O5P/c1-5-7-17-9-19-10-20(16(24)18-15(19)23)14-13(22)12(21)11(25-14)6-8-26(2,3)4/h10-14,17,21-22H,2,5-9H2,1,3-4H3/p+1/t11-,12-,13-,14-/m1/s1. The van der Waals surface area contributed by atoms with Crippen LogP contribution in [0.25, 0.3) is 0 Å². The van der Waals surface area contributed by atoms with Crippen LogP contribution in [-0.4, -0.2) is 70.4 Å².